The molecule has 3 aromatic rings. The molecule has 0 radical (unpaired) electrons. The van der Waals surface area contributed by atoms with Crippen LogP contribution in [0.2, 0.25) is 0 Å². The molecule has 0 fully saturated rings. The number of benzene rings is 2. The van der Waals surface area contributed by atoms with Crippen molar-refractivity contribution in [2.75, 3.05) is 5.32 Å². The van der Waals surface area contributed by atoms with E-state index < -0.39 is 22.8 Å². The maximum Gasteiger partial charge on any atom is 0.406 e. The summed E-state index contributed by atoms with van der Waals surface area (Å²) in [4.78, 5) is 27.8. The molecule has 7 heteroatoms. The van der Waals surface area contributed by atoms with Crippen LogP contribution >= 0.6 is 0 Å². The lowest BCUT2D eigenvalue weighted by molar-refractivity contribution is -0.390. The molecule has 0 spiro atoms. The van der Waals surface area contributed by atoms with Crippen LogP contribution in [-0.4, -0.2) is 15.8 Å². The highest BCUT2D eigenvalue weighted by Crippen LogP contribution is 2.30. The molecule has 0 saturated carbocycles. The summed E-state index contributed by atoms with van der Waals surface area (Å²) in [5, 5.41) is 14.2. The third-order valence-electron chi connectivity index (χ3n) is 4.23. The predicted octanol–water partition coefficient (Wildman–Crippen LogP) is 4.67. The predicted molar refractivity (Wildman–Crippen MR) is 110 cm³/mol. The Morgan fingerprint density at radius 2 is 1.69 bits per heavy atom. The molecule has 1 unspecified atom stereocenters. The molecule has 2 aromatic carbocycles. The van der Waals surface area contributed by atoms with Gasteiger partial charge in [0.2, 0.25) is 11.9 Å². The number of rotatable bonds is 6. The first-order valence-corrected chi connectivity index (χ1v) is 9.06. The van der Waals surface area contributed by atoms with Crippen molar-refractivity contribution in [2.45, 2.75) is 26.9 Å². The van der Waals surface area contributed by atoms with E-state index in [9.17, 15) is 14.9 Å². The Bertz CT molecular complexity index is 1030. The Morgan fingerprint density at radius 1 is 1.03 bits per heavy atom. The van der Waals surface area contributed by atoms with E-state index in [4.69, 9.17) is 4.74 Å². The fourth-order valence-corrected chi connectivity index (χ4v) is 3.04. The van der Waals surface area contributed by atoms with Crippen molar-refractivity contribution in [3.05, 3.63) is 93.2 Å². The normalized spacial score (nSPS) is 11.6. The number of carbonyl (C=O) groups is 1. The lowest BCUT2D eigenvalue weighted by Crippen LogP contribution is -2.26. The van der Waals surface area contributed by atoms with Crippen molar-refractivity contribution < 1.29 is 14.5 Å². The highest BCUT2D eigenvalue weighted by Gasteiger charge is 2.27. The highest BCUT2D eigenvalue weighted by molar-refractivity contribution is 5.95. The van der Waals surface area contributed by atoms with Gasteiger partial charge >= 0.3 is 5.82 Å². The van der Waals surface area contributed by atoms with Crippen LogP contribution in [0.3, 0.4) is 0 Å². The number of aromatic nitrogens is 1. The van der Waals surface area contributed by atoms with Gasteiger partial charge in [0.25, 0.3) is 5.91 Å². The van der Waals surface area contributed by atoms with Gasteiger partial charge in [-0.3, -0.25) is 4.79 Å². The number of nitro groups is 1. The minimum atomic E-state index is -1.08. The number of pyridine rings is 1. The van der Waals surface area contributed by atoms with E-state index in [0.29, 0.717) is 16.9 Å². The molecule has 0 aliphatic carbocycles. The molecule has 1 aromatic heterocycles. The quantitative estimate of drug-likeness (QED) is 0.486. The third kappa shape index (κ3) is 4.95. The van der Waals surface area contributed by atoms with Crippen LogP contribution in [0, 0.1) is 30.9 Å². The molecule has 29 heavy (non-hydrogen) atoms. The SMILES string of the molecule is Cc1cc(C)cc(NC(=O)C(Oc2ccc(C)nc2[N+](=O)[O-])c2ccccc2)c1. The molecule has 7 nitrogen and oxygen atoms in total. The van der Waals surface area contributed by atoms with E-state index in [-0.39, 0.29) is 5.75 Å². The second-order valence-corrected chi connectivity index (χ2v) is 6.81. The van der Waals surface area contributed by atoms with E-state index in [0.717, 1.165) is 11.1 Å². The Balaban J connectivity index is 1.96. The van der Waals surface area contributed by atoms with Gasteiger partial charge in [-0.05, 0) is 59.1 Å². The van der Waals surface area contributed by atoms with Crippen molar-refractivity contribution >= 4 is 17.4 Å². The maximum atomic E-state index is 13.1. The van der Waals surface area contributed by atoms with Gasteiger partial charge < -0.3 is 20.2 Å². The molecule has 1 amide bonds. The van der Waals surface area contributed by atoms with E-state index in [1.165, 1.54) is 6.07 Å². The molecule has 1 atom stereocenters. The third-order valence-corrected chi connectivity index (χ3v) is 4.23. The molecule has 1 heterocycles. The molecule has 0 aliphatic heterocycles. The van der Waals surface area contributed by atoms with Crippen LogP contribution in [0.1, 0.15) is 28.5 Å². The number of nitrogens with zero attached hydrogens (tertiary/aromatic N) is 2. The van der Waals surface area contributed by atoms with Crippen LogP contribution in [0.4, 0.5) is 11.5 Å². The summed E-state index contributed by atoms with van der Waals surface area (Å²) in [5.74, 6) is -0.925. The van der Waals surface area contributed by atoms with Crippen LogP contribution in [0.25, 0.3) is 0 Å². The zero-order valence-electron chi connectivity index (χ0n) is 16.4. The molecule has 148 valence electrons. The fourth-order valence-electron chi connectivity index (χ4n) is 3.04. The van der Waals surface area contributed by atoms with Gasteiger partial charge in [-0.1, -0.05) is 36.4 Å². The average molecular weight is 391 g/mol. The first-order chi connectivity index (χ1) is 13.8. The van der Waals surface area contributed by atoms with E-state index in [2.05, 4.69) is 10.3 Å². The van der Waals surface area contributed by atoms with Crippen LogP contribution in [0.15, 0.2) is 60.7 Å². The Morgan fingerprint density at radius 3 is 2.31 bits per heavy atom. The second kappa shape index (κ2) is 8.52. The molecular formula is C22H21N3O4. The number of ether oxygens (including phenoxy) is 1. The lowest BCUT2D eigenvalue weighted by atomic mass is 10.1. The smallest absolute Gasteiger partial charge is 0.406 e. The summed E-state index contributed by atoms with van der Waals surface area (Å²) in [6, 6.07) is 17.6. The van der Waals surface area contributed by atoms with E-state index in [1.807, 2.05) is 38.1 Å². The number of aryl methyl sites for hydroxylation is 3. The Kier molecular flexibility index (Phi) is 5.87. The number of anilines is 1. The molecule has 0 saturated heterocycles. The van der Waals surface area contributed by atoms with Crippen molar-refractivity contribution in [2.24, 2.45) is 0 Å². The summed E-state index contributed by atoms with van der Waals surface area (Å²) in [6.45, 7) is 5.53. The highest BCUT2D eigenvalue weighted by atomic mass is 16.6. The van der Waals surface area contributed by atoms with Crippen molar-refractivity contribution in [3.63, 3.8) is 0 Å². The topological polar surface area (TPSA) is 94.4 Å². The Hall–Kier alpha value is -3.74. The largest absolute Gasteiger partial charge is 0.467 e. The standard InChI is InChI=1S/C22H21N3O4/c1-14-11-15(2)13-18(12-14)24-22(26)20(17-7-5-4-6-8-17)29-19-10-9-16(3)23-21(19)25(27)28/h4-13,20H,1-3H3,(H,24,26). The number of nitrogens with one attached hydrogen (secondary N) is 1. The number of carbonyl (C=O) groups excluding carboxylic acids is 1. The number of hydrogen-bond acceptors (Lipinski definition) is 5. The summed E-state index contributed by atoms with van der Waals surface area (Å²) in [5.41, 5.74) is 3.71. The van der Waals surface area contributed by atoms with Crippen molar-refractivity contribution in [1.82, 2.24) is 4.98 Å². The summed E-state index contributed by atoms with van der Waals surface area (Å²) in [7, 11) is 0. The van der Waals surface area contributed by atoms with Crippen LogP contribution in [-0.2, 0) is 4.79 Å². The van der Waals surface area contributed by atoms with E-state index in [1.54, 1.807) is 37.3 Å². The lowest BCUT2D eigenvalue weighted by Gasteiger charge is -2.19. The van der Waals surface area contributed by atoms with Gasteiger partial charge in [0.1, 0.15) is 5.69 Å². The minimum Gasteiger partial charge on any atom is -0.467 e. The zero-order chi connectivity index (χ0) is 21.0. The molecule has 0 aliphatic rings. The average Bonchev–Trinajstić information content (AvgIpc) is 2.66. The number of hydrogen-bond donors (Lipinski definition) is 1. The maximum absolute atomic E-state index is 13.1. The molecule has 0 bridgehead atoms. The summed E-state index contributed by atoms with van der Waals surface area (Å²) >= 11 is 0. The molecule has 1 N–H and O–H groups in total. The van der Waals surface area contributed by atoms with Gasteiger partial charge in [-0.25, -0.2) is 0 Å². The van der Waals surface area contributed by atoms with Crippen molar-refractivity contribution in [1.29, 1.82) is 0 Å². The molecule has 3 rings (SSSR count). The first-order valence-electron chi connectivity index (χ1n) is 9.06. The number of amides is 1. The van der Waals surface area contributed by atoms with Gasteiger partial charge in [-0.15, -0.1) is 0 Å². The minimum absolute atomic E-state index is 0.0648. The van der Waals surface area contributed by atoms with Crippen LogP contribution in [0.5, 0.6) is 5.75 Å². The van der Waals surface area contributed by atoms with Gasteiger partial charge in [0.15, 0.2) is 0 Å². The summed E-state index contributed by atoms with van der Waals surface area (Å²) in [6.07, 6.45) is -1.08. The second-order valence-electron chi connectivity index (χ2n) is 6.81. The zero-order valence-corrected chi connectivity index (χ0v) is 16.4. The molecular weight excluding hydrogens is 370 g/mol. The van der Waals surface area contributed by atoms with Gasteiger partial charge in [0, 0.05) is 18.2 Å². The first kappa shape index (κ1) is 20.0. The van der Waals surface area contributed by atoms with Gasteiger partial charge in [0.05, 0.1) is 0 Å². The fraction of sp³-hybridized carbons (Fsp3) is 0.182. The summed E-state index contributed by atoms with van der Waals surface area (Å²) < 4.78 is 5.83. The monoisotopic (exact) mass is 391 g/mol. The van der Waals surface area contributed by atoms with E-state index >= 15 is 0 Å². The Labute approximate surface area is 168 Å². The van der Waals surface area contributed by atoms with Crippen LogP contribution < -0.4 is 10.1 Å². The van der Waals surface area contributed by atoms with Gasteiger partial charge in [-0.2, -0.15) is 0 Å². The van der Waals surface area contributed by atoms with Crippen molar-refractivity contribution in [3.8, 4) is 5.75 Å².